The third kappa shape index (κ3) is 2.39. The van der Waals surface area contributed by atoms with Gasteiger partial charge < -0.3 is 0 Å². The van der Waals surface area contributed by atoms with Crippen molar-refractivity contribution in [1.29, 1.82) is 0 Å². The molecule has 2 unspecified atom stereocenters. The lowest BCUT2D eigenvalue weighted by Crippen LogP contribution is -2.54. The molecule has 94 valence electrons. The van der Waals surface area contributed by atoms with Crippen LogP contribution in [0.5, 0.6) is 0 Å². The number of thiazole rings is 1. The second kappa shape index (κ2) is 4.67. The Morgan fingerprint density at radius 3 is 3.12 bits per heavy atom. The molecule has 1 aromatic rings. The minimum atomic E-state index is 0.673. The Bertz CT molecular complexity index is 390. The maximum atomic E-state index is 4.59. The van der Waals surface area contributed by atoms with E-state index in [1.807, 2.05) is 0 Å². The van der Waals surface area contributed by atoms with Crippen LogP contribution < -0.4 is 0 Å². The van der Waals surface area contributed by atoms with Crippen molar-refractivity contribution in [2.75, 3.05) is 19.6 Å². The molecular formula is C13H21N3S. The second-order valence-electron chi connectivity index (χ2n) is 5.43. The van der Waals surface area contributed by atoms with Crippen molar-refractivity contribution in [3.05, 3.63) is 16.1 Å². The fourth-order valence-electron chi connectivity index (χ4n) is 3.16. The van der Waals surface area contributed by atoms with Crippen molar-refractivity contribution >= 4 is 11.3 Å². The van der Waals surface area contributed by atoms with Crippen LogP contribution in [0.4, 0.5) is 0 Å². The highest BCUT2D eigenvalue weighted by molar-refractivity contribution is 7.09. The molecule has 2 saturated heterocycles. The summed E-state index contributed by atoms with van der Waals surface area (Å²) >= 11 is 1.77. The van der Waals surface area contributed by atoms with Gasteiger partial charge in [-0.15, -0.1) is 11.3 Å². The largest absolute Gasteiger partial charge is 0.298 e. The van der Waals surface area contributed by atoms with E-state index in [0.717, 1.165) is 12.6 Å². The van der Waals surface area contributed by atoms with E-state index >= 15 is 0 Å². The summed E-state index contributed by atoms with van der Waals surface area (Å²) in [5.41, 5.74) is 1.26. The summed E-state index contributed by atoms with van der Waals surface area (Å²) in [6, 6.07) is 1.48. The average Bonchev–Trinajstić information content (AvgIpc) is 2.88. The molecule has 0 aromatic carbocycles. The van der Waals surface area contributed by atoms with Gasteiger partial charge in [-0.1, -0.05) is 0 Å². The Balaban J connectivity index is 1.66. The Morgan fingerprint density at radius 1 is 1.47 bits per heavy atom. The predicted molar refractivity (Wildman–Crippen MR) is 71.3 cm³/mol. The van der Waals surface area contributed by atoms with Crippen LogP contribution in [0.2, 0.25) is 0 Å². The van der Waals surface area contributed by atoms with Gasteiger partial charge in [-0.05, 0) is 33.2 Å². The zero-order valence-corrected chi connectivity index (χ0v) is 11.5. The Labute approximate surface area is 107 Å². The molecule has 0 N–H and O–H groups in total. The van der Waals surface area contributed by atoms with E-state index in [4.69, 9.17) is 0 Å². The molecule has 2 aliphatic rings. The van der Waals surface area contributed by atoms with Crippen molar-refractivity contribution in [2.45, 2.75) is 45.3 Å². The first kappa shape index (κ1) is 11.6. The molecule has 2 atom stereocenters. The summed E-state index contributed by atoms with van der Waals surface area (Å²) in [5.74, 6) is 0. The highest BCUT2D eigenvalue weighted by Gasteiger charge is 2.34. The van der Waals surface area contributed by atoms with E-state index in [-0.39, 0.29) is 0 Å². The molecule has 1 aromatic heterocycles. The molecule has 3 heterocycles. The molecule has 0 aliphatic carbocycles. The minimum Gasteiger partial charge on any atom is -0.298 e. The van der Waals surface area contributed by atoms with Gasteiger partial charge in [0, 0.05) is 37.1 Å². The summed E-state index contributed by atoms with van der Waals surface area (Å²) in [7, 11) is 0. The Hall–Kier alpha value is -0.450. The first-order valence-electron chi connectivity index (χ1n) is 6.61. The van der Waals surface area contributed by atoms with Crippen LogP contribution in [-0.4, -0.2) is 46.5 Å². The molecule has 0 amide bonds. The van der Waals surface area contributed by atoms with Crippen LogP contribution in [0.15, 0.2) is 5.38 Å². The zero-order chi connectivity index (χ0) is 11.8. The third-order valence-electron chi connectivity index (χ3n) is 4.10. The average molecular weight is 251 g/mol. The minimum absolute atomic E-state index is 0.673. The van der Waals surface area contributed by atoms with Crippen LogP contribution >= 0.6 is 11.3 Å². The predicted octanol–water partition coefficient (Wildman–Crippen LogP) is 2.12. The summed E-state index contributed by atoms with van der Waals surface area (Å²) < 4.78 is 0. The van der Waals surface area contributed by atoms with Gasteiger partial charge in [0.2, 0.25) is 0 Å². The molecule has 0 saturated carbocycles. The lowest BCUT2D eigenvalue weighted by Gasteiger charge is -2.42. The van der Waals surface area contributed by atoms with E-state index in [0.29, 0.717) is 6.04 Å². The molecule has 0 spiro atoms. The summed E-state index contributed by atoms with van der Waals surface area (Å²) in [4.78, 5) is 9.87. The Morgan fingerprint density at radius 2 is 2.35 bits per heavy atom. The first-order chi connectivity index (χ1) is 8.22. The molecule has 3 nitrogen and oxygen atoms in total. The zero-order valence-electron chi connectivity index (χ0n) is 10.7. The fraction of sp³-hybridized carbons (Fsp3) is 0.769. The molecule has 0 bridgehead atoms. The van der Waals surface area contributed by atoms with Crippen LogP contribution in [-0.2, 0) is 6.54 Å². The lowest BCUT2D eigenvalue weighted by atomic mass is 10.1. The number of hydrogen-bond donors (Lipinski definition) is 0. The van der Waals surface area contributed by atoms with Gasteiger partial charge in [0.1, 0.15) is 0 Å². The number of piperazine rings is 1. The molecule has 3 rings (SSSR count). The SMILES string of the molecule is Cc1nc(CN2CC3CCCN3CC2C)cs1. The Kier molecular flexibility index (Phi) is 3.19. The van der Waals surface area contributed by atoms with Crippen LogP contribution in [0.3, 0.4) is 0 Å². The van der Waals surface area contributed by atoms with Gasteiger partial charge in [-0.3, -0.25) is 9.80 Å². The van der Waals surface area contributed by atoms with E-state index < -0.39 is 0 Å². The molecule has 2 aliphatic heterocycles. The summed E-state index contributed by atoms with van der Waals surface area (Å²) in [6.07, 6.45) is 2.78. The lowest BCUT2D eigenvalue weighted by molar-refractivity contribution is 0.0533. The molecule has 2 fully saturated rings. The molecule has 4 heteroatoms. The normalized spacial score (nSPS) is 30.7. The number of aromatic nitrogens is 1. The van der Waals surface area contributed by atoms with Gasteiger partial charge >= 0.3 is 0 Å². The van der Waals surface area contributed by atoms with Crippen LogP contribution in [0.1, 0.15) is 30.5 Å². The second-order valence-corrected chi connectivity index (χ2v) is 6.49. The van der Waals surface area contributed by atoms with Crippen molar-refractivity contribution in [3.63, 3.8) is 0 Å². The molecule has 17 heavy (non-hydrogen) atoms. The van der Waals surface area contributed by atoms with E-state index in [9.17, 15) is 0 Å². The van der Waals surface area contributed by atoms with E-state index in [1.165, 1.54) is 43.2 Å². The van der Waals surface area contributed by atoms with Crippen LogP contribution in [0, 0.1) is 6.92 Å². The monoisotopic (exact) mass is 251 g/mol. The quantitative estimate of drug-likeness (QED) is 0.802. The third-order valence-corrected chi connectivity index (χ3v) is 4.92. The number of nitrogens with zero attached hydrogens (tertiary/aromatic N) is 3. The van der Waals surface area contributed by atoms with Gasteiger partial charge in [0.15, 0.2) is 0 Å². The van der Waals surface area contributed by atoms with E-state index in [1.54, 1.807) is 11.3 Å². The first-order valence-corrected chi connectivity index (χ1v) is 7.49. The molecule has 0 radical (unpaired) electrons. The highest BCUT2D eigenvalue weighted by atomic mass is 32.1. The van der Waals surface area contributed by atoms with Crippen molar-refractivity contribution < 1.29 is 0 Å². The number of rotatable bonds is 2. The van der Waals surface area contributed by atoms with E-state index in [2.05, 4.69) is 34.0 Å². The standard InChI is InChI=1S/C13H21N3S/c1-10-6-15-5-3-4-13(15)8-16(10)7-12-9-17-11(2)14-12/h9-10,13H,3-8H2,1-2H3. The molecular weight excluding hydrogens is 230 g/mol. The topological polar surface area (TPSA) is 19.4 Å². The van der Waals surface area contributed by atoms with Gasteiger partial charge in [-0.2, -0.15) is 0 Å². The summed E-state index contributed by atoms with van der Waals surface area (Å²) in [5, 5.41) is 3.40. The number of hydrogen-bond acceptors (Lipinski definition) is 4. The van der Waals surface area contributed by atoms with Crippen LogP contribution in [0.25, 0.3) is 0 Å². The van der Waals surface area contributed by atoms with Gasteiger partial charge in [-0.25, -0.2) is 4.98 Å². The van der Waals surface area contributed by atoms with Crippen molar-refractivity contribution in [3.8, 4) is 0 Å². The van der Waals surface area contributed by atoms with Gasteiger partial charge in [0.25, 0.3) is 0 Å². The maximum Gasteiger partial charge on any atom is 0.0897 e. The smallest absolute Gasteiger partial charge is 0.0897 e. The van der Waals surface area contributed by atoms with Gasteiger partial charge in [0.05, 0.1) is 10.7 Å². The maximum absolute atomic E-state index is 4.59. The van der Waals surface area contributed by atoms with Crippen molar-refractivity contribution in [1.82, 2.24) is 14.8 Å². The number of fused-ring (bicyclic) bond motifs is 1. The summed E-state index contributed by atoms with van der Waals surface area (Å²) in [6.45, 7) is 9.28. The number of aryl methyl sites for hydroxylation is 1. The fourth-order valence-corrected chi connectivity index (χ4v) is 3.76. The highest BCUT2D eigenvalue weighted by Crippen LogP contribution is 2.25. The van der Waals surface area contributed by atoms with Crippen molar-refractivity contribution in [2.24, 2.45) is 0 Å².